The molecule has 1 rings (SSSR count). The fourth-order valence-corrected chi connectivity index (χ4v) is 2.58. The van der Waals surface area contributed by atoms with Crippen molar-refractivity contribution in [2.45, 2.75) is 53.2 Å². The van der Waals surface area contributed by atoms with E-state index in [-0.39, 0.29) is 23.8 Å². The quantitative estimate of drug-likeness (QED) is 0.796. The van der Waals surface area contributed by atoms with Crippen LogP contribution in [0.1, 0.15) is 41.0 Å². The first-order valence-electron chi connectivity index (χ1n) is 7.51. The summed E-state index contributed by atoms with van der Waals surface area (Å²) in [5.74, 6) is 1.00. The first-order chi connectivity index (χ1) is 8.81. The molecule has 0 saturated carbocycles. The van der Waals surface area contributed by atoms with Gasteiger partial charge in [-0.2, -0.15) is 0 Å². The van der Waals surface area contributed by atoms with Crippen LogP contribution in [0.2, 0.25) is 0 Å². The molecule has 0 aromatic rings. The summed E-state index contributed by atoms with van der Waals surface area (Å²) in [5, 5.41) is 13.4. The highest BCUT2D eigenvalue weighted by atomic mass is 16.3. The van der Waals surface area contributed by atoms with Crippen molar-refractivity contribution < 1.29 is 9.90 Å². The summed E-state index contributed by atoms with van der Waals surface area (Å²) in [5.41, 5.74) is 0. The van der Waals surface area contributed by atoms with Gasteiger partial charge in [-0.3, -0.25) is 4.79 Å². The molecule has 0 bridgehead atoms. The second-order valence-corrected chi connectivity index (χ2v) is 6.63. The van der Waals surface area contributed by atoms with Crippen LogP contribution in [-0.4, -0.2) is 47.7 Å². The Kier molecular flexibility index (Phi) is 6.27. The minimum Gasteiger partial charge on any atom is -0.393 e. The molecule has 1 fully saturated rings. The Bertz CT molecular complexity index is 290. The molecule has 1 amide bonds. The van der Waals surface area contributed by atoms with Crippen LogP contribution in [0.15, 0.2) is 0 Å². The highest BCUT2D eigenvalue weighted by molar-refractivity contribution is 5.78. The molecule has 4 nitrogen and oxygen atoms in total. The minimum atomic E-state index is -0.355. The topological polar surface area (TPSA) is 52.6 Å². The Balaban J connectivity index is 2.65. The average molecular weight is 270 g/mol. The van der Waals surface area contributed by atoms with Crippen LogP contribution < -0.4 is 5.32 Å². The van der Waals surface area contributed by atoms with Gasteiger partial charge >= 0.3 is 0 Å². The standard InChI is InChI=1S/C15H30N2O2/c1-10(2)7-16-14-6-13(12(5)18)8-17(9-14)15(19)11(3)4/h10-14,16,18H,6-9H2,1-5H3. The summed E-state index contributed by atoms with van der Waals surface area (Å²) in [6, 6.07) is 0.304. The van der Waals surface area contributed by atoms with Crippen LogP contribution in [0, 0.1) is 17.8 Å². The molecule has 0 aromatic carbocycles. The predicted molar refractivity (Wildman–Crippen MR) is 77.8 cm³/mol. The smallest absolute Gasteiger partial charge is 0.225 e. The van der Waals surface area contributed by atoms with Crippen molar-refractivity contribution in [2.75, 3.05) is 19.6 Å². The van der Waals surface area contributed by atoms with Gasteiger partial charge in [-0.25, -0.2) is 0 Å². The normalized spacial score (nSPS) is 26.0. The molecule has 1 aliphatic heterocycles. The first kappa shape index (κ1) is 16.4. The van der Waals surface area contributed by atoms with Crippen LogP contribution in [0.25, 0.3) is 0 Å². The van der Waals surface area contributed by atoms with Crippen LogP contribution >= 0.6 is 0 Å². The molecule has 1 saturated heterocycles. The van der Waals surface area contributed by atoms with Crippen molar-refractivity contribution in [2.24, 2.45) is 17.8 Å². The van der Waals surface area contributed by atoms with E-state index >= 15 is 0 Å². The lowest BCUT2D eigenvalue weighted by molar-refractivity contribution is -0.137. The number of aliphatic hydroxyl groups excluding tert-OH is 1. The molecule has 0 aliphatic carbocycles. The molecule has 1 heterocycles. The predicted octanol–water partition coefficient (Wildman–Crippen LogP) is 1.49. The zero-order chi connectivity index (χ0) is 14.6. The van der Waals surface area contributed by atoms with Gasteiger partial charge in [-0.1, -0.05) is 27.7 Å². The monoisotopic (exact) mass is 270 g/mol. The van der Waals surface area contributed by atoms with Crippen molar-refractivity contribution in [1.82, 2.24) is 10.2 Å². The minimum absolute atomic E-state index is 0.0264. The number of hydrogen-bond donors (Lipinski definition) is 2. The molecule has 0 aromatic heterocycles. The van der Waals surface area contributed by atoms with E-state index < -0.39 is 0 Å². The number of likely N-dealkylation sites (tertiary alicyclic amines) is 1. The Labute approximate surface area is 117 Å². The van der Waals surface area contributed by atoms with E-state index in [2.05, 4.69) is 19.2 Å². The van der Waals surface area contributed by atoms with E-state index in [0.29, 0.717) is 18.5 Å². The third-order valence-electron chi connectivity index (χ3n) is 3.79. The number of rotatable bonds is 5. The zero-order valence-corrected chi connectivity index (χ0v) is 13.0. The second-order valence-electron chi connectivity index (χ2n) is 6.63. The number of nitrogens with zero attached hydrogens (tertiary/aromatic N) is 1. The van der Waals surface area contributed by atoms with E-state index in [1.165, 1.54) is 0 Å². The third kappa shape index (κ3) is 5.11. The third-order valence-corrected chi connectivity index (χ3v) is 3.79. The molecule has 0 radical (unpaired) electrons. The number of aliphatic hydroxyl groups is 1. The number of hydrogen-bond acceptors (Lipinski definition) is 3. The van der Waals surface area contributed by atoms with Gasteiger partial charge in [0.05, 0.1) is 6.10 Å². The Hall–Kier alpha value is -0.610. The first-order valence-corrected chi connectivity index (χ1v) is 7.51. The lowest BCUT2D eigenvalue weighted by atomic mass is 9.89. The van der Waals surface area contributed by atoms with Crippen molar-refractivity contribution >= 4 is 5.91 Å². The molecule has 3 unspecified atom stereocenters. The lowest BCUT2D eigenvalue weighted by Gasteiger charge is -2.40. The van der Waals surface area contributed by atoms with E-state index in [1.807, 2.05) is 25.7 Å². The summed E-state index contributed by atoms with van der Waals surface area (Å²) in [7, 11) is 0. The molecule has 112 valence electrons. The molecule has 19 heavy (non-hydrogen) atoms. The lowest BCUT2D eigenvalue weighted by Crippen LogP contribution is -2.54. The number of piperidine rings is 1. The number of carbonyl (C=O) groups is 1. The van der Waals surface area contributed by atoms with Crippen molar-refractivity contribution in [3.05, 3.63) is 0 Å². The zero-order valence-electron chi connectivity index (χ0n) is 13.0. The van der Waals surface area contributed by atoms with E-state index in [1.54, 1.807) is 0 Å². The fraction of sp³-hybridized carbons (Fsp3) is 0.933. The van der Waals surface area contributed by atoms with Crippen LogP contribution in [0.5, 0.6) is 0 Å². The van der Waals surface area contributed by atoms with Gasteiger partial charge in [0.2, 0.25) is 5.91 Å². The second kappa shape index (κ2) is 7.25. The molecule has 4 heteroatoms. The molecule has 0 spiro atoms. The summed E-state index contributed by atoms with van der Waals surface area (Å²) < 4.78 is 0. The van der Waals surface area contributed by atoms with Crippen LogP contribution in [-0.2, 0) is 4.79 Å². The molecule has 3 atom stereocenters. The Morgan fingerprint density at radius 1 is 1.26 bits per heavy atom. The van der Waals surface area contributed by atoms with Gasteiger partial charge in [0, 0.05) is 31.0 Å². The summed E-state index contributed by atoms with van der Waals surface area (Å²) in [6.07, 6.45) is 0.595. The van der Waals surface area contributed by atoms with Gasteiger partial charge in [-0.05, 0) is 25.8 Å². The molecule has 2 N–H and O–H groups in total. The van der Waals surface area contributed by atoms with E-state index in [4.69, 9.17) is 0 Å². The van der Waals surface area contributed by atoms with E-state index in [9.17, 15) is 9.90 Å². The van der Waals surface area contributed by atoms with Gasteiger partial charge in [0.15, 0.2) is 0 Å². The van der Waals surface area contributed by atoms with Gasteiger partial charge in [0.25, 0.3) is 0 Å². The molecular weight excluding hydrogens is 240 g/mol. The van der Waals surface area contributed by atoms with Crippen molar-refractivity contribution in [1.29, 1.82) is 0 Å². The van der Waals surface area contributed by atoms with Gasteiger partial charge < -0.3 is 15.3 Å². The maximum atomic E-state index is 12.2. The SMILES string of the molecule is CC(C)CNC1CC(C(C)O)CN(C(=O)C(C)C)C1. The Morgan fingerprint density at radius 2 is 1.89 bits per heavy atom. The van der Waals surface area contributed by atoms with E-state index in [0.717, 1.165) is 19.5 Å². The highest BCUT2D eigenvalue weighted by Crippen LogP contribution is 2.22. The maximum absolute atomic E-state index is 12.2. The van der Waals surface area contributed by atoms with Crippen LogP contribution in [0.4, 0.5) is 0 Å². The van der Waals surface area contributed by atoms with Crippen molar-refractivity contribution in [3.63, 3.8) is 0 Å². The summed E-state index contributed by atoms with van der Waals surface area (Å²) in [4.78, 5) is 14.1. The van der Waals surface area contributed by atoms with Crippen LogP contribution in [0.3, 0.4) is 0 Å². The van der Waals surface area contributed by atoms with Gasteiger partial charge in [-0.15, -0.1) is 0 Å². The number of nitrogens with one attached hydrogen (secondary N) is 1. The fourth-order valence-electron chi connectivity index (χ4n) is 2.58. The van der Waals surface area contributed by atoms with Crippen molar-refractivity contribution in [3.8, 4) is 0 Å². The summed E-state index contributed by atoms with van der Waals surface area (Å²) >= 11 is 0. The molecule has 1 aliphatic rings. The average Bonchev–Trinajstić information content (AvgIpc) is 2.34. The molecular formula is C15H30N2O2. The number of carbonyl (C=O) groups excluding carboxylic acids is 1. The number of amides is 1. The summed E-state index contributed by atoms with van der Waals surface area (Å²) in [6.45, 7) is 12.5. The van der Waals surface area contributed by atoms with Gasteiger partial charge in [0.1, 0.15) is 0 Å². The maximum Gasteiger partial charge on any atom is 0.225 e. The Morgan fingerprint density at radius 3 is 2.37 bits per heavy atom. The largest absolute Gasteiger partial charge is 0.393 e. The highest BCUT2D eigenvalue weighted by Gasteiger charge is 2.32.